The van der Waals surface area contributed by atoms with Crippen molar-refractivity contribution < 1.29 is 4.74 Å². The van der Waals surface area contributed by atoms with E-state index >= 15 is 0 Å². The zero-order valence-electron chi connectivity index (χ0n) is 20.5. The molecule has 0 amide bonds. The summed E-state index contributed by atoms with van der Waals surface area (Å²) in [5.41, 5.74) is 0. The maximum atomic E-state index is 6.25. The lowest BCUT2D eigenvalue weighted by atomic mass is 10.0. The second-order valence-corrected chi connectivity index (χ2v) is 8.83. The molecule has 2 heteroatoms. The van der Waals surface area contributed by atoms with Gasteiger partial charge in [-0.1, -0.05) is 86.4 Å². The third-order valence-electron chi connectivity index (χ3n) is 4.94. The van der Waals surface area contributed by atoms with Crippen LogP contribution in [0.4, 0.5) is 0 Å². The standard InChI is InChI=1S/C21H29OS.3C2H6/c1-3-9-17(4-2)16-22-20-12-13-21(23-14-7-8-15-23)19-11-6-5-10-18(19)20;3*1-2/h5-6,10-13,17H,3-4,7-9,14-16H2,1-2H3;3*1-2H3/q+1;;;. The van der Waals surface area contributed by atoms with Crippen molar-refractivity contribution in [3.63, 3.8) is 0 Å². The number of hydrogen-bond acceptors (Lipinski definition) is 1. The van der Waals surface area contributed by atoms with Crippen LogP contribution in [0.1, 0.15) is 87.5 Å². The highest BCUT2D eigenvalue weighted by molar-refractivity contribution is 7.97. The summed E-state index contributed by atoms with van der Waals surface area (Å²) in [6.45, 7) is 17.4. The van der Waals surface area contributed by atoms with Crippen LogP contribution < -0.4 is 4.74 Å². The Morgan fingerprint density at radius 2 is 1.41 bits per heavy atom. The van der Waals surface area contributed by atoms with Crippen LogP contribution in [-0.2, 0) is 10.9 Å². The van der Waals surface area contributed by atoms with Gasteiger partial charge in [0.2, 0.25) is 0 Å². The van der Waals surface area contributed by atoms with Crippen LogP contribution in [0.25, 0.3) is 10.8 Å². The normalized spacial score (nSPS) is 13.9. The second kappa shape index (κ2) is 17.7. The highest BCUT2D eigenvalue weighted by Crippen LogP contribution is 2.35. The molecule has 3 rings (SSSR count). The molecular formula is C27H47OS+. The Morgan fingerprint density at radius 3 is 1.97 bits per heavy atom. The maximum absolute atomic E-state index is 6.25. The molecule has 0 spiro atoms. The third kappa shape index (κ3) is 8.62. The number of benzene rings is 2. The van der Waals surface area contributed by atoms with E-state index in [-0.39, 0.29) is 0 Å². The van der Waals surface area contributed by atoms with Gasteiger partial charge in [-0.2, -0.15) is 0 Å². The molecule has 1 saturated heterocycles. The molecule has 1 aliphatic rings. The first-order valence-corrected chi connectivity index (χ1v) is 13.7. The van der Waals surface area contributed by atoms with Gasteiger partial charge in [0, 0.05) is 21.7 Å². The minimum atomic E-state index is 0.454. The molecule has 0 N–H and O–H groups in total. The predicted molar refractivity (Wildman–Crippen MR) is 137 cm³/mol. The molecule has 0 radical (unpaired) electrons. The first kappa shape index (κ1) is 27.8. The van der Waals surface area contributed by atoms with E-state index in [1.165, 1.54) is 54.4 Å². The van der Waals surface area contributed by atoms with E-state index in [4.69, 9.17) is 4.74 Å². The lowest BCUT2D eigenvalue weighted by molar-refractivity contribution is 0.237. The van der Waals surface area contributed by atoms with Gasteiger partial charge in [-0.05, 0) is 43.4 Å². The van der Waals surface area contributed by atoms with Gasteiger partial charge in [0.1, 0.15) is 17.3 Å². The molecule has 1 unspecified atom stereocenters. The Morgan fingerprint density at radius 1 is 0.828 bits per heavy atom. The van der Waals surface area contributed by atoms with Crippen molar-refractivity contribution in [2.24, 2.45) is 5.92 Å². The van der Waals surface area contributed by atoms with Gasteiger partial charge in [0.25, 0.3) is 0 Å². The van der Waals surface area contributed by atoms with E-state index in [9.17, 15) is 0 Å². The van der Waals surface area contributed by atoms with Gasteiger partial charge in [0.05, 0.1) is 6.61 Å². The van der Waals surface area contributed by atoms with Crippen molar-refractivity contribution in [1.29, 1.82) is 0 Å². The van der Waals surface area contributed by atoms with Gasteiger partial charge in [-0.15, -0.1) is 0 Å². The summed E-state index contributed by atoms with van der Waals surface area (Å²) in [4.78, 5) is 1.56. The highest BCUT2D eigenvalue weighted by atomic mass is 32.2. The summed E-state index contributed by atoms with van der Waals surface area (Å²) in [5, 5.41) is 2.72. The van der Waals surface area contributed by atoms with E-state index in [0.717, 1.165) is 12.4 Å². The molecule has 29 heavy (non-hydrogen) atoms. The lowest BCUT2D eigenvalue weighted by Gasteiger charge is -2.17. The fourth-order valence-corrected chi connectivity index (χ4v) is 6.02. The molecular weight excluding hydrogens is 372 g/mol. The quantitative estimate of drug-likeness (QED) is 0.407. The van der Waals surface area contributed by atoms with Crippen LogP contribution in [0.5, 0.6) is 5.75 Å². The van der Waals surface area contributed by atoms with E-state index < -0.39 is 0 Å². The smallest absolute Gasteiger partial charge is 0.162 e. The molecule has 0 aromatic heterocycles. The number of hydrogen-bond donors (Lipinski definition) is 0. The summed E-state index contributed by atoms with van der Waals surface area (Å²) in [6.07, 6.45) is 6.49. The minimum absolute atomic E-state index is 0.454. The first-order valence-electron chi connectivity index (χ1n) is 12.2. The van der Waals surface area contributed by atoms with Crippen molar-refractivity contribution in [1.82, 2.24) is 0 Å². The van der Waals surface area contributed by atoms with E-state index in [2.05, 4.69) is 50.2 Å². The van der Waals surface area contributed by atoms with Crippen LogP contribution in [0, 0.1) is 5.92 Å². The van der Waals surface area contributed by atoms with Gasteiger partial charge in [0.15, 0.2) is 4.90 Å². The second-order valence-electron chi connectivity index (χ2n) is 6.59. The Labute approximate surface area is 185 Å². The number of rotatable bonds is 7. The molecule has 1 heterocycles. The minimum Gasteiger partial charge on any atom is -0.493 e. The van der Waals surface area contributed by atoms with Gasteiger partial charge < -0.3 is 4.74 Å². The fraction of sp³-hybridized carbons (Fsp3) is 0.630. The average Bonchev–Trinajstić information content (AvgIpc) is 3.35. The van der Waals surface area contributed by atoms with Crippen molar-refractivity contribution >= 4 is 21.7 Å². The highest BCUT2D eigenvalue weighted by Gasteiger charge is 2.29. The zero-order chi connectivity index (χ0) is 22.1. The van der Waals surface area contributed by atoms with E-state index in [1.54, 1.807) is 4.90 Å². The van der Waals surface area contributed by atoms with E-state index in [0.29, 0.717) is 16.8 Å². The Hall–Kier alpha value is -1.15. The predicted octanol–water partition coefficient (Wildman–Crippen LogP) is 8.89. The largest absolute Gasteiger partial charge is 0.493 e. The molecule has 0 aliphatic carbocycles. The van der Waals surface area contributed by atoms with Crippen LogP contribution in [0.3, 0.4) is 0 Å². The van der Waals surface area contributed by atoms with Gasteiger partial charge >= 0.3 is 0 Å². The Balaban J connectivity index is 0.00000120. The molecule has 1 aliphatic heterocycles. The van der Waals surface area contributed by atoms with Gasteiger partial charge in [-0.3, -0.25) is 0 Å². The van der Waals surface area contributed by atoms with Crippen LogP contribution in [0.2, 0.25) is 0 Å². The average molecular weight is 420 g/mol. The molecule has 2 aromatic carbocycles. The van der Waals surface area contributed by atoms with Crippen molar-refractivity contribution in [2.75, 3.05) is 18.1 Å². The molecule has 166 valence electrons. The monoisotopic (exact) mass is 419 g/mol. The SMILES string of the molecule is CC.CC.CC.CCCC(CC)COc1ccc([S+]2CCCC2)c2ccccc12. The van der Waals surface area contributed by atoms with Crippen molar-refractivity contribution in [3.05, 3.63) is 36.4 Å². The first-order chi connectivity index (χ1) is 14.3. The molecule has 1 atom stereocenters. The van der Waals surface area contributed by atoms with Crippen LogP contribution >= 0.6 is 0 Å². The summed E-state index contributed by atoms with van der Waals surface area (Å²) >= 11 is 0. The van der Waals surface area contributed by atoms with Crippen LogP contribution in [-0.4, -0.2) is 18.1 Å². The Kier molecular flexibility index (Phi) is 17.0. The molecule has 0 saturated carbocycles. The number of fused-ring (bicyclic) bond motifs is 1. The zero-order valence-corrected chi connectivity index (χ0v) is 21.3. The van der Waals surface area contributed by atoms with Crippen LogP contribution in [0.15, 0.2) is 41.3 Å². The van der Waals surface area contributed by atoms with Crippen molar-refractivity contribution in [3.8, 4) is 5.75 Å². The Bertz CT molecular complexity index is 631. The van der Waals surface area contributed by atoms with Crippen molar-refractivity contribution in [2.45, 2.75) is 92.4 Å². The molecule has 2 aromatic rings. The topological polar surface area (TPSA) is 9.23 Å². The third-order valence-corrected chi connectivity index (χ3v) is 7.48. The molecule has 1 fully saturated rings. The summed E-state index contributed by atoms with van der Waals surface area (Å²) in [5.74, 6) is 4.49. The fourth-order valence-electron chi connectivity index (χ4n) is 3.52. The summed E-state index contributed by atoms with van der Waals surface area (Å²) in [6, 6.07) is 13.4. The maximum Gasteiger partial charge on any atom is 0.162 e. The summed E-state index contributed by atoms with van der Waals surface area (Å²) < 4.78 is 6.25. The summed E-state index contributed by atoms with van der Waals surface area (Å²) in [7, 11) is 0.454. The van der Waals surface area contributed by atoms with Gasteiger partial charge in [-0.25, -0.2) is 0 Å². The van der Waals surface area contributed by atoms with E-state index in [1.807, 2.05) is 41.5 Å². The lowest BCUT2D eigenvalue weighted by Crippen LogP contribution is -2.11. The number of ether oxygens (including phenoxy) is 1. The molecule has 1 nitrogen and oxygen atoms in total. The molecule has 0 bridgehead atoms.